The van der Waals surface area contributed by atoms with E-state index in [4.69, 9.17) is 0 Å². The molecule has 0 saturated heterocycles. The summed E-state index contributed by atoms with van der Waals surface area (Å²) in [6, 6.07) is 0.919. The molecule has 110 valence electrons. The zero-order valence-electron chi connectivity index (χ0n) is 13.4. The first-order valence-electron chi connectivity index (χ1n) is 7.15. The molecule has 4 heteroatoms. The van der Waals surface area contributed by atoms with Gasteiger partial charge in [-0.25, -0.2) is 4.98 Å². The summed E-state index contributed by atoms with van der Waals surface area (Å²) in [7, 11) is 4.33. The molecule has 1 heterocycles. The summed E-state index contributed by atoms with van der Waals surface area (Å²) in [6.45, 7) is 12.0. The van der Waals surface area contributed by atoms with Gasteiger partial charge in [0.15, 0.2) is 0 Å². The van der Waals surface area contributed by atoms with Crippen LogP contribution in [0.5, 0.6) is 0 Å². The van der Waals surface area contributed by atoms with Gasteiger partial charge in [-0.3, -0.25) is 0 Å². The van der Waals surface area contributed by atoms with Gasteiger partial charge in [0.1, 0.15) is 0 Å². The molecule has 2 unspecified atom stereocenters. The lowest BCUT2D eigenvalue weighted by molar-refractivity contribution is 0.241. The number of nitrogens with zero attached hydrogens (tertiary/aromatic N) is 2. The lowest BCUT2D eigenvalue weighted by Crippen LogP contribution is -2.39. The highest BCUT2D eigenvalue weighted by Crippen LogP contribution is 2.22. The molecule has 0 aliphatic carbocycles. The van der Waals surface area contributed by atoms with Crippen molar-refractivity contribution in [3.63, 3.8) is 0 Å². The largest absolute Gasteiger partial charge is 0.307 e. The minimum atomic E-state index is 0.333. The van der Waals surface area contributed by atoms with Crippen molar-refractivity contribution in [3.05, 3.63) is 15.6 Å². The molecular formula is C15H29N3S. The third kappa shape index (κ3) is 5.21. The summed E-state index contributed by atoms with van der Waals surface area (Å²) < 4.78 is 0. The van der Waals surface area contributed by atoms with Crippen LogP contribution in [-0.2, 0) is 0 Å². The van der Waals surface area contributed by atoms with Crippen LogP contribution in [0.4, 0.5) is 0 Å². The minimum Gasteiger partial charge on any atom is -0.307 e. The van der Waals surface area contributed by atoms with Crippen LogP contribution in [0.25, 0.3) is 0 Å². The minimum absolute atomic E-state index is 0.333. The molecule has 1 rings (SSSR count). The Morgan fingerprint density at radius 1 is 1.21 bits per heavy atom. The molecule has 2 atom stereocenters. The first-order chi connectivity index (χ1) is 8.81. The first-order valence-corrected chi connectivity index (χ1v) is 7.96. The van der Waals surface area contributed by atoms with Crippen molar-refractivity contribution in [3.8, 4) is 0 Å². The SMILES string of the molecule is Cc1nc(C(C)NCC(CC(C)C)N(C)C)c(C)s1. The number of nitrogens with one attached hydrogen (secondary N) is 1. The van der Waals surface area contributed by atoms with Gasteiger partial charge in [-0.1, -0.05) is 13.8 Å². The van der Waals surface area contributed by atoms with Gasteiger partial charge in [0, 0.05) is 23.5 Å². The van der Waals surface area contributed by atoms with Crippen LogP contribution in [0.15, 0.2) is 0 Å². The van der Waals surface area contributed by atoms with E-state index in [9.17, 15) is 0 Å². The van der Waals surface area contributed by atoms with Crippen molar-refractivity contribution in [2.75, 3.05) is 20.6 Å². The van der Waals surface area contributed by atoms with Crippen LogP contribution in [-0.4, -0.2) is 36.6 Å². The molecule has 0 spiro atoms. The highest BCUT2D eigenvalue weighted by molar-refractivity contribution is 7.11. The normalized spacial score (nSPS) is 15.2. The number of likely N-dealkylation sites (N-methyl/N-ethyl adjacent to an activating group) is 1. The van der Waals surface area contributed by atoms with E-state index in [-0.39, 0.29) is 0 Å². The fourth-order valence-electron chi connectivity index (χ4n) is 2.38. The number of aromatic nitrogens is 1. The maximum Gasteiger partial charge on any atom is 0.0900 e. The molecule has 0 fully saturated rings. The fraction of sp³-hybridized carbons (Fsp3) is 0.800. The van der Waals surface area contributed by atoms with Gasteiger partial charge in [0.2, 0.25) is 0 Å². The molecule has 0 amide bonds. The van der Waals surface area contributed by atoms with Crippen molar-refractivity contribution >= 4 is 11.3 Å². The standard InChI is InChI=1S/C15H29N3S/c1-10(2)8-14(18(6)7)9-16-11(3)15-12(4)19-13(5)17-15/h10-11,14,16H,8-9H2,1-7H3. The van der Waals surface area contributed by atoms with Crippen LogP contribution in [0.3, 0.4) is 0 Å². The van der Waals surface area contributed by atoms with Crippen LogP contribution in [0, 0.1) is 19.8 Å². The second-order valence-corrected chi connectivity index (χ2v) is 7.46. The van der Waals surface area contributed by atoms with Crippen molar-refractivity contribution in [2.24, 2.45) is 5.92 Å². The van der Waals surface area contributed by atoms with Gasteiger partial charge in [-0.2, -0.15) is 0 Å². The molecule has 1 aromatic heterocycles. The molecule has 0 bridgehead atoms. The summed E-state index contributed by atoms with van der Waals surface area (Å²) in [5, 5.41) is 4.80. The van der Waals surface area contributed by atoms with E-state index in [2.05, 4.69) is 63.9 Å². The quantitative estimate of drug-likeness (QED) is 0.831. The van der Waals surface area contributed by atoms with E-state index < -0.39 is 0 Å². The van der Waals surface area contributed by atoms with Gasteiger partial charge in [-0.05, 0) is 47.2 Å². The summed E-state index contributed by atoms with van der Waals surface area (Å²) in [4.78, 5) is 8.29. The van der Waals surface area contributed by atoms with Gasteiger partial charge in [0.05, 0.1) is 10.7 Å². The molecule has 0 saturated carbocycles. The molecule has 0 aliphatic rings. The number of rotatable bonds is 7. The van der Waals surface area contributed by atoms with Crippen LogP contribution in [0.1, 0.15) is 48.8 Å². The second kappa shape index (κ2) is 7.36. The number of hydrogen-bond donors (Lipinski definition) is 1. The number of aryl methyl sites for hydroxylation is 2. The summed E-state index contributed by atoms with van der Waals surface area (Å²) >= 11 is 1.79. The number of thiazole rings is 1. The molecule has 1 aromatic rings. The van der Waals surface area contributed by atoms with Crippen molar-refractivity contribution < 1.29 is 0 Å². The Morgan fingerprint density at radius 2 is 1.84 bits per heavy atom. The predicted molar refractivity (Wildman–Crippen MR) is 84.9 cm³/mol. The smallest absolute Gasteiger partial charge is 0.0900 e. The summed E-state index contributed by atoms with van der Waals surface area (Å²) in [5.74, 6) is 0.729. The van der Waals surface area contributed by atoms with Crippen molar-refractivity contribution in [2.45, 2.75) is 53.1 Å². The second-order valence-electron chi connectivity index (χ2n) is 6.05. The van der Waals surface area contributed by atoms with E-state index in [0.29, 0.717) is 12.1 Å². The Kier molecular flexibility index (Phi) is 6.43. The van der Waals surface area contributed by atoms with Crippen molar-refractivity contribution in [1.82, 2.24) is 15.2 Å². The number of hydrogen-bond acceptors (Lipinski definition) is 4. The topological polar surface area (TPSA) is 28.2 Å². The Balaban J connectivity index is 2.56. The van der Waals surface area contributed by atoms with Gasteiger partial charge in [-0.15, -0.1) is 11.3 Å². The first kappa shape index (κ1) is 16.6. The zero-order chi connectivity index (χ0) is 14.6. The van der Waals surface area contributed by atoms with Gasteiger partial charge in [0.25, 0.3) is 0 Å². The Hall–Kier alpha value is -0.450. The van der Waals surface area contributed by atoms with E-state index in [0.717, 1.165) is 17.5 Å². The van der Waals surface area contributed by atoms with E-state index >= 15 is 0 Å². The van der Waals surface area contributed by atoms with E-state index in [1.807, 2.05) is 0 Å². The van der Waals surface area contributed by atoms with Gasteiger partial charge < -0.3 is 10.2 Å². The Morgan fingerprint density at radius 3 is 2.26 bits per heavy atom. The zero-order valence-corrected chi connectivity index (χ0v) is 14.3. The average Bonchev–Trinajstić information content (AvgIpc) is 2.62. The fourth-order valence-corrected chi connectivity index (χ4v) is 3.29. The molecule has 19 heavy (non-hydrogen) atoms. The third-order valence-corrected chi connectivity index (χ3v) is 4.39. The van der Waals surface area contributed by atoms with Crippen molar-refractivity contribution in [1.29, 1.82) is 0 Å². The highest BCUT2D eigenvalue weighted by atomic mass is 32.1. The Labute approximate surface area is 122 Å². The van der Waals surface area contributed by atoms with Crippen LogP contribution >= 0.6 is 11.3 Å². The highest BCUT2D eigenvalue weighted by Gasteiger charge is 2.17. The average molecular weight is 283 g/mol. The maximum atomic E-state index is 4.64. The molecule has 3 nitrogen and oxygen atoms in total. The monoisotopic (exact) mass is 283 g/mol. The Bertz CT molecular complexity index is 385. The predicted octanol–water partition coefficient (Wildman–Crippen LogP) is 3.39. The van der Waals surface area contributed by atoms with Crippen LogP contribution in [0.2, 0.25) is 0 Å². The third-order valence-electron chi connectivity index (χ3n) is 3.48. The lowest BCUT2D eigenvalue weighted by atomic mass is 10.0. The van der Waals surface area contributed by atoms with Gasteiger partial charge >= 0.3 is 0 Å². The lowest BCUT2D eigenvalue weighted by Gasteiger charge is -2.27. The van der Waals surface area contributed by atoms with Crippen LogP contribution < -0.4 is 5.32 Å². The maximum absolute atomic E-state index is 4.64. The van der Waals surface area contributed by atoms with E-state index in [1.54, 1.807) is 11.3 Å². The summed E-state index contributed by atoms with van der Waals surface area (Å²) in [6.07, 6.45) is 1.22. The molecule has 0 aliphatic heterocycles. The molecular weight excluding hydrogens is 254 g/mol. The van der Waals surface area contributed by atoms with E-state index in [1.165, 1.54) is 17.0 Å². The molecule has 0 radical (unpaired) electrons. The molecule has 0 aromatic carbocycles. The molecule has 1 N–H and O–H groups in total. The summed E-state index contributed by atoms with van der Waals surface area (Å²) in [5.41, 5.74) is 1.21.